The molecule has 0 spiro atoms. The molecule has 90 valence electrons. The van der Waals surface area contributed by atoms with Crippen LogP contribution in [0, 0.1) is 0 Å². The van der Waals surface area contributed by atoms with E-state index in [-0.39, 0.29) is 0 Å². The maximum atomic E-state index is 5.15. The number of aromatic nitrogens is 1. The van der Waals surface area contributed by atoms with Gasteiger partial charge in [-0.15, -0.1) is 0 Å². The predicted molar refractivity (Wildman–Crippen MR) is 63.1 cm³/mol. The standard InChI is InChI=1S/C12H21N3O/c1-3-13-11-5-7-15(10(2)8-11)9-12-4-6-14-16-12/h4,6,10-11,13H,3,5,7-9H2,1-2H3. The van der Waals surface area contributed by atoms with Crippen LogP contribution in [-0.2, 0) is 6.54 Å². The van der Waals surface area contributed by atoms with Gasteiger partial charge in [-0.25, -0.2) is 0 Å². The highest BCUT2D eigenvalue weighted by Gasteiger charge is 2.25. The molecule has 2 heterocycles. The zero-order chi connectivity index (χ0) is 11.4. The minimum atomic E-state index is 0.614. The molecule has 2 unspecified atom stereocenters. The molecular weight excluding hydrogens is 202 g/mol. The van der Waals surface area contributed by atoms with Crippen LogP contribution in [0.2, 0.25) is 0 Å². The van der Waals surface area contributed by atoms with Gasteiger partial charge in [0.15, 0.2) is 5.76 Å². The van der Waals surface area contributed by atoms with Gasteiger partial charge in [0.1, 0.15) is 0 Å². The van der Waals surface area contributed by atoms with Gasteiger partial charge < -0.3 is 9.84 Å². The smallest absolute Gasteiger partial charge is 0.150 e. The molecule has 0 aliphatic carbocycles. The summed E-state index contributed by atoms with van der Waals surface area (Å²) in [6, 6.07) is 3.25. The molecule has 0 bridgehead atoms. The SMILES string of the molecule is CCNC1CCN(Cc2ccno2)C(C)C1. The lowest BCUT2D eigenvalue weighted by atomic mass is 9.98. The quantitative estimate of drug-likeness (QED) is 0.842. The van der Waals surface area contributed by atoms with E-state index in [0.29, 0.717) is 12.1 Å². The molecule has 1 fully saturated rings. The second kappa shape index (κ2) is 5.46. The number of piperidine rings is 1. The first kappa shape index (κ1) is 11.6. The Hall–Kier alpha value is -0.870. The van der Waals surface area contributed by atoms with Crippen molar-refractivity contribution in [2.24, 2.45) is 0 Å². The van der Waals surface area contributed by atoms with Gasteiger partial charge in [0.05, 0.1) is 12.7 Å². The first-order valence-corrected chi connectivity index (χ1v) is 6.16. The molecule has 0 radical (unpaired) electrons. The minimum Gasteiger partial charge on any atom is -0.360 e. The highest BCUT2D eigenvalue weighted by atomic mass is 16.5. The third-order valence-electron chi connectivity index (χ3n) is 3.36. The van der Waals surface area contributed by atoms with Gasteiger partial charge in [0.2, 0.25) is 0 Å². The van der Waals surface area contributed by atoms with Crippen LogP contribution >= 0.6 is 0 Å². The van der Waals surface area contributed by atoms with Gasteiger partial charge in [-0.05, 0) is 26.3 Å². The Morgan fingerprint density at radius 2 is 2.50 bits per heavy atom. The summed E-state index contributed by atoms with van der Waals surface area (Å²) in [5.74, 6) is 0.966. The van der Waals surface area contributed by atoms with E-state index in [1.165, 1.54) is 12.8 Å². The summed E-state index contributed by atoms with van der Waals surface area (Å²) in [6.07, 6.45) is 4.17. The summed E-state index contributed by atoms with van der Waals surface area (Å²) < 4.78 is 5.15. The highest BCUT2D eigenvalue weighted by molar-refractivity contribution is 4.94. The number of hydrogen-bond donors (Lipinski definition) is 1. The summed E-state index contributed by atoms with van der Waals surface area (Å²) in [7, 11) is 0. The molecule has 2 rings (SSSR count). The van der Waals surface area contributed by atoms with Gasteiger partial charge in [-0.3, -0.25) is 4.90 Å². The summed E-state index contributed by atoms with van der Waals surface area (Å²) in [6.45, 7) is 7.56. The van der Waals surface area contributed by atoms with Crippen molar-refractivity contribution in [1.82, 2.24) is 15.4 Å². The maximum Gasteiger partial charge on any atom is 0.150 e. The van der Waals surface area contributed by atoms with Gasteiger partial charge in [-0.2, -0.15) is 0 Å². The van der Waals surface area contributed by atoms with E-state index in [1.54, 1.807) is 6.20 Å². The number of nitrogens with one attached hydrogen (secondary N) is 1. The molecule has 1 aromatic rings. The van der Waals surface area contributed by atoms with Gasteiger partial charge in [0.25, 0.3) is 0 Å². The fourth-order valence-corrected chi connectivity index (χ4v) is 2.45. The first-order valence-electron chi connectivity index (χ1n) is 6.16. The molecule has 0 aromatic carbocycles. The van der Waals surface area contributed by atoms with Crippen molar-refractivity contribution < 1.29 is 4.52 Å². The Morgan fingerprint density at radius 1 is 1.62 bits per heavy atom. The Labute approximate surface area is 97.0 Å². The Bertz CT molecular complexity index is 299. The maximum absolute atomic E-state index is 5.15. The summed E-state index contributed by atoms with van der Waals surface area (Å²) >= 11 is 0. The van der Waals surface area contributed by atoms with Crippen LogP contribution < -0.4 is 5.32 Å². The van der Waals surface area contributed by atoms with Gasteiger partial charge >= 0.3 is 0 Å². The molecule has 1 aromatic heterocycles. The van der Waals surface area contributed by atoms with Crippen molar-refractivity contribution >= 4 is 0 Å². The monoisotopic (exact) mass is 223 g/mol. The fraction of sp³-hybridized carbons (Fsp3) is 0.750. The Balaban J connectivity index is 1.84. The van der Waals surface area contributed by atoms with Gasteiger partial charge in [-0.1, -0.05) is 12.1 Å². The van der Waals surface area contributed by atoms with Gasteiger partial charge in [0, 0.05) is 24.7 Å². The van der Waals surface area contributed by atoms with E-state index >= 15 is 0 Å². The van der Waals surface area contributed by atoms with Crippen LogP contribution in [0.1, 0.15) is 32.4 Å². The molecule has 1 saturated heterocycles. The second-order valence-electron chi connectivity index (χ2n) is 4.58. The lowest BCUT2D eigenvalue weighted by molar-refractivity contribution is 0.117. The van der Waals surface area contributed by atoms with E-state index in [9.17, 15) is 0 Å². The summed E-state index contributed by atoms with van der Waals surface area (Å²) in [5, 5.41) is 7.27. The lowest BCUT2D eigenvalue weighted by Gasteiger charge is -2.37. The molecule has 4 heteroatoms. The molecule has 0 amide bonds. The van der Waals surface area contributed by atoms with Crippen molar-refractivity contribution in [2.75, 3.05) is 13.1 Å². The molecule has 16 heavy (non-hydrogen) atoms. The third-order valence-corrected chi connectivity index (χ3v) is 3.36. The largest absolute Gasteiger partial charge is 0.360 e. The number of rotatable bonds is 4. The first-order chi connectivity index (χ1) is 7.79. The summed E-state index contributed by atoms with van der Waals surface area (Å²) in [4.78, 5) is 2.47. The van der Waals surface area contributed by atoms with E-state index in [1.807, 2.05) is 6.07 Å². The zero-order valence-corrected chi connectivity index (χ0v) is 10.1. The van der Waals surface area contributed by atoms with Crippen LogP contribution in [0.25, 0.3) is 0 Å². The lowest BCUT2D eigenvalue weighted by Crippen LogP contribution is -2.46. The Morgan fingerprint density at radius 3 is 3.12 bits per heavy atom. The zero-order valence-electron chi connectivity index (χ0n) is 10.1. The molecule has 2 atom stereocenters. The average molecular weight is 223 g/mol. The summed E-state index contributed by atoms with van der Waals surface area (Å²) in [5.41, 5.74) is 0. The van der Waals surface area contributed by atoms with Crippen molar-refractivity contribution in [3.05, 3.63) is 18.0 Å². The van der Waals surface area contributed by atoms with E-state index in [2.05, 4.69) is 29.2 Å². The molecular formula is C12H21N3O. The topological polar surface area (TPSA) is 41.3 Å². The number of hydrogen-bond acceptors (Lipinski definition) is 4. The average Bonchev–Trinajstić information content (AvgIpc) is 2.75. The van der Waals surface area contributed by atoms with Crippen LogP contribution in [0.3, 0.4) is 0 Å². The predicted octanol–water partition coefficient (Wildman–Crippen LogP) is 1.64. The fourth-order valence-electron chi connectivity index (χ4n) is 2.45. The second-order valence-corrected chi connectivity index (χ2v) is 4.58. The Kier molecular flexibility index (Phi) is 3.96. The van der Waals surface area contributed by atoms with Crippen molar-refractivity contribution in [2.45, 2.75) is 45.3 Å². The van der Waals surface area contributed by atoms with E-state index in [0.717, 1.165) is 25.4 Å². The molecule has 0 saturated carbocycles. The van der Waals surface area contributed by atoms with E-state index < -0.39 is 0 Å². The van der Waals surface area contributed by atoms with Crippen molar-refractivity contribution in [1.29, 1.82) is 0 Å². The van der Waals surface area contributed by atoms with Crippen LogP contribution in [0.15, 0.2) is 16.8 Å². The molecule has 1 aliphatic heterocycles. The molecule has 4 nitrogen and oxygen atoms in total. The van der Waals surface area contributed by atoms with Crippen LogP contribution in [0.4, 0.5) is 0 Å². The van der Waals surface area contributed by atoms with Crippen LogP contribution in [-0.4, -0.2) is 35.2 Å². The number of likely N-dealkylation sites (tertiary alicyclic amines) is 1. The van der Waals surface area contributed by atoms with Crippen LogP contribution in [0.5, 0.6) is 0 Å². The normalized spacial score (nSPS) is 27.1. The molecule has 1 N–H and O–H groups in total. The molecule has 1 aliphatic rings. The third kappa shape index (κ3) is 2.83. The van der Waals surface area contributed by atoms with Crippen molar-refractivity contribution in [3.63, 3.8) is 0 Å². The van der Waals surface area contributed by atoms with E-state index in [4.69, 9.17) is 4.52 Å². The minimum absolute atomic E-state index is 0.614. The number of nitrogens with zero attached hydrogens (tertiary/aromatic N) is 2. The van der Waals surface area contributed by atoms with Crippen molar-refractivity contribution in [3.8, 4) is 0 Å². The highest BCUT2D eigenvalue weighted by Crippen LogP contribution is 2.19.